The number of amides is 1. The van der Waals surface area contributed by atoms with Crippen molar-refractivity contribution in [2.45, 2.75) is 46.1 Å². The van der Waals surface area contributed by atoms with E-state index in [-0.39, 0.29) is 17.8 Å². The third kappa shape index (κ3) is 4.19. The average molecular weight is 367 g/mol. The fraction of sp³-hybridized carbons (Fsp3) is 0.350. The van der Waals surface area contributed by atoms with E-state index in [0.29, 0.717) is 17.9 Å². The van der Waals surface area contributed by atoms with Gasteiger partial charge in [0.25, 0.3) is 0 Å². The molecule has 0 aliphatic rings. The van der Waals surface area contributed by atoms with Gasteiger partial charge >= 0.3 is 6.09 Å². The highest BCUT2D eigenvalue weighted by molar-refractivity contribution is 5.69. The van der Waals surface area contributed by atoms with Crippen molar-refractivity contribution in [3.8, 4) is 5.88 Å². The van der Waals surface area contributed by atoms with Crippen LogP contribution in [0, 0.1) is 0 Å². The maximum Gasteiger partial charge on any atom is 0.411 e. The maximum absolute atomic E-state index is 11.4. The predicted octanol–water partition coefficient (Wildman–Crippen LogP) is 3.72. The van der Waals surface area contributed by atoms with Crippen molar-refractivity contribution in [2.75, 3.05) is 5.32 Å². The molecular formula is C20H25N5O2. The molecule has 3 aromatic rings. The van der Waals surface area contributed by atoms with Crippen LogP contribution in [0.25, 0.3) is 5.65 Å². The molecule has 1 aromatic carbocycles. The zero-order chi connectivity index (χ0) is 19.6. The van der Waals surface area contributed by atoms with E-state index in [1.807, 2.05) is 32.0 Å². The normalized spacial score (nSPS) is 11.3. The standard InChI is InChI=1S/C20H25N5O2/c1-12(2)18-15(10-14-8-6-5-7-9-14)24-25-17(27-20(21)26)11-16(22-13(3)4)23-19(18)25/h5-9,11-13H,10H2,1-4H3,(H2,21,26)(H,22,23). The van der Waals surface area contributed by atoms with Crippen LogP contribution in [-0.4, -0.2) is 26.7 Å². The van der Waals surface area contributed by atoms with E-state index in [1.165, 1.54) is 0 Å². The van der Waals surface area contributed by atoms with E-state index >= 15 is 0 Å². The Balaban J connectivity index is 2.18. The Morgan fingerprint density at radius 1 is 1.22 bits per heavy atom. The summed E-state index contributed by atoms with van der Waals surface area (Å²) in [5.41, 5.74) is 9.00. The first-order chi connectivity index (χ1) is 12.8. The Morgan fingerprint density at radius 3 is 2.52 bits per heavy atom. The molecule has 142 valence electrons. The summed E-state index contributed by atoms with van der Waals surface area (Å²) in [5.74, 6) is 1.06. The van der Waals surface area contributed by atoms with Crippen molar-refractivity contribution in [3.63, 3.8) is 0 Å². The summed E-state index contributed by atoms with van der Waals surface area (Å²) in [5, 5.41) is 7.95. The summed E-state index contributed by atoms with van der Waals surface area (Å²) in [6.07, 6.45) is -0.218. The number of benzene rings is 1. The van der Waals surface area contributed by atoms with Crippen LogP contribution in [0.3, 0.4) is 0 Å². The molecule has 7 nitrogen and oxygen atoms in total. The molecule has 3 rings (SSSR count). The summed E-state index contributed by atoms with van der Waals surface area (Å²) < 4.78 is 6.77. The minimum absolute atomic E-state index is 0.176. The van der Waals surface area contributed by atoms with Gasteiger partial charge < -0.3 is 15.8 Å². The van der Waals surface area contributed by atoms with Crippen molar-refractivity contribution in [2.24, 2.45) is 5.73 Å². The van der Waals surface area contributed by atoms with Gasteiger partial charge in [-0.15, -0.1) is 0 Å². The molecule has 0 fully saturated rings. The number of nitrogens with one attached hydrogen (secondary N) is 1. The molecule has 0 saturated carbocycles. The monoisotopic (exact) mass is 367 g/mol. The van der Waals surface area contributed by atoms with Crippen LogP contribution in [0.5, 0.6) is 5.88 Å². The van der Waals surface area contributed by atoms with Crippen LogP contribution in [-0.2, 0) is 6.42 Å². The fourth-order valence-electron chi connectivity index (χ4n) is 3.11. The highest BCUT2D eigenvalue weighted by Crippen LogP contribution is 2.30. The van der Waals surface area contributed by atoms with Crippen LogP contribution in [0.1, 0.15) is 50.4 Å². The highest BCUT2D eigenvalue weighted by atomic mass is 16.6. The summed E-state index contributed by atoms with van der Waals surface area (Å²) >= 11 is 0. The molecule has 0 spiro atoms. The number of nitrogens with two attached hydrogens (primary N) is 1. The quantitative estimate of drug-likeness (QED) is 0.692. The van der Waals surface area contributed by atoms with E-state index in [2.05, 4.69) is 31.3 Å². The van der Waals surface area contributed by atoms with Gasteiger partial charge in [-0.3, -0.25) is 0 Å². The Morgan fingerprint density at radius 2 is 1.93 bits per heavy atom. The molecule has 0 atom stereocenters. The van der Waals surface area contributed by atoms with Gasteiger partial charge in [-0.25, -0.2) is 9.78 Å². The van der Waals surface area contributed by atoms with Crippen LogP contribution in [0.4, 0.5) is 10.6 Å². The minimum atomic E-state index is -0.885. The van der Waals surface area contributed by atoms with Gasteiger partial charge in [0.05, 0.1) is 5.69 Å². The van der Waals surface area contributed by atoms with E-state index in [1.54, 1.807) is 10.6 Å². The Bertz CT molecular complexity index is 948. The summed E-state index contributed by atoms with van der Waals surface area (Å²) in [7, 11) is 0. The molecule has 0 bridgehead atoms. The van der Waals surface area contributed by atoms with E-state index in [0.717, 1.165) is 16.8 Å². The van der Waals surface area contributed by atoms with Crippen molar-refractivity contribution in [1.82, 2.24) is 14.6 Å². The first kappa shape index (κ1) is 18.7. The van der Waals surface area contributed by atoms with Gasteiger partial charge in [-0.05, 0) is 25.3 Å². The van der Waals surface area contributed by atoms with Crippen LogP contribution in [0.2, 0.25) is 0 Å². The van der Waals surface area contributed by atoms with Crippen molar-refractivity contribution in [3.05, 3.63) is 53.2 Å². The molecule has 27 heavy (non-hydrogen) atoms. The number of primary amides is 1. The predicted molar refractivity (Wildman–Crippen MR) is 105 cm³/mol. The number of carbonyl (C=O) groups is 1. The minimum Gasteiger partial charge on any atom is -0.391 e. The largest absolute Gasteiger partial charge is 0.411 e. The molecule has 0 unspecified atom stereocenters. The topological polar surface area (TPSA) is 94.5 Å². The molecule has 2 heterocycles. The summed E-state index contributed by atoms with van der Waals surface area (Å²) in [6.45, 7) is 8.23. The number of rotatable bonds is 6. The molecular weight excluding hydrogens is 342 g/mol. The van der Waals surface area contributed by atoms with Crippen LogP contribution < -0.4 is 15.8 Å². The number of carbonyl (C=O) groups excluding carboxylic acids is 1. The third-order valence-corrected chi connectivity index (χ3v) is 4.10. The lowest BCUT2D eigenvalue weighted by molar-refractivity contribution is 0.208. The van der Waals surface area contributed by atoms with Gasteiger partial charge in [-0.1, -0.05) is 44.2 Å². The second kappa shape index (κ2) is 7.65. The smallest absolute Gasteiger partial charge is 0.391 e. The van der Waals surface area contributed by atoms with Crippen LogP contribution in [0.15, 0.2) is 36.4 Å². The number of fused-ring (bicyclic) bond motifs is 1. The van der Waals surface area contributed by atoms with Gasteiger partial charge in [0.15, 0.2) is 5.65 Å². The van der Waals surface area contributed by atoms with Crippen molar-refractivity contribution < 1.29 is 9.53 Å². The van der Waals surface area contributed by atoms with E-state index in [9.17, 15) is 4.79 Å². The highest BCUT2D eigenvalue weighted by Gasteiger charge is 2.21. The lowest BCUT2D eigenvalue weighted by Crippen LogP contribution is -2.19. The van der Waals surface area contributed by atoms with Crippen molar-refractivity contribution >= 4 is 17.6 Å². The summed E-state index contributed by atoms with van der Waals surface area (Å²) in [6, 6.07) is 11.9. The van der Waals surface area contributed by atoms with Gasteiger partial charge in [0.1, 0.15) is 5.82 Å². The zero-order valence-electron chi connectivity index (χ0n) is 16.1. The number of ether oxygens (including phenoxy) is 1. The van der Waals surface area contributed by atoms with Gasteiger partial charge in [0.2, 0.25) is 5.88 Å². The average Bonchev–Trinajstić information content (AvgIpc) is 2.93. The molecule has 0 aliphatic heterocycles. The third-order valence-electron chi connectivity index (χ3n) is 4.10. The Kier molecular flexibility index (Phi) is 5.30. The number of hydrogen-bond acceptors (Lipinski definition) is 5. The van der Waals surface area contributed by atoms with Gasteiger partial charge in [0, 0.05) is 24.1 Å². The molecule has 7 heteroatoms. The molecule has 0 saturated heterocycles. The molecule has 2 aromatic heterocycles. The number of hydrogen-bond donors (Lipinski definition) is 2. The number of aromatic nitrogens is 3. The van der Waals surface area contributed by atoms with Crippen LogP contribution >= 0.6 is 0 Å². The number of nitrogens with zero attached hydrogens (tertiary/aromatic N) is 3. The Hall–Kier alpha value is -3.09. The first-order valence-electron chi connectivity index (χ1n) is 9.05. The lowest BCUT2D eigenvalue weighted by atomic mass is 9.99. The van der Waals surface area contributed by atoms with E-state index in [4.69, 9.17) is 20.6 Å². The fourth-order valence-corrected chi connectivity index (χ4v) is 3.11. The number of anilines is 1. The molecule has 0 aliphatic carbocycles. The molecule has 0 radical (unpaired) electrons. The maximum atomic E-state index is 11.4. The second-order valence-corrected chi connectivity index (χ2v) is 7.11. The lowest BCUT2D eigenvalue weighted by Gasteiger charge is -2.12. The van der Waals surface area contributed by atoms with Crippen molar-refractivity contribution in [1.29, 1.82) is 0 Å². The second-order valence-electron chi connectivity index (χ2n) is 7.11. The Labute approximate surface area is 158 Å². The molecule has 1 amide bonds. The zero-order valence-corrected chi connectivity index (χ0v) is 16.1. The SMILES string of the molecule is CC(C)Nc1cc(OC(N)=O)n2nc(Cc3ccccc3)c(C(C)C)c2n1. The summed E-state index contributed by atoms with van der Waals surface area (Å²) in [4.78, 5) is 16.1. The van der Waals surface area contributed by atoms with Gasteiger partial charge in [-0.2, -0.15) is 9.61 Å². The van der Waals surface area contributed by atoms with E-state index < -0.39 is 6.09 Å². The first-order valence-corrected chi connectivity index (χ1v) is 9.05. The molecule has 3 N–H and O–H groups in total.